The van der Waals surface area contributed by atoms with Gasteiger partial charge in [-0.3, -0.25) is 0 Å². The van der Waals surface area contributed by atoms with Crippen molar-refractivity contribution in [1.82, 2.24) is 24.1 Å². The largest absolute Gasteiger partial charge is 0.433 e. The highest BCUT2D eigenvalue weighted by Crippen LogP contribution is 2.35. The summed E-state index contributed by atoms with van der Waals surface area (Å²) in [6, 6.07) is 7.61. The Balaban J connectivity index is 2.03. The number of aromatic nitrogens is 5. The van der Waals surface area contributed by atoms with Gasteiger partial charge in [0, 0.05) is 24.2 Å². The first-order valence-electron chi connectivity index (χ1n) is 9.97. The van der Waals surface area contributed by atoms with Crippen molar-refractivity contribution in [3.8, 4) is 22.9 Å². The lowest BCUT2D eigenvalue weighted by molar-refractivity contribution is -0.141. The average molecular weight is 498 g/mol. The first kappa shape index (κ1) is 23.2. The Hall–Kier alpha value is -2.92. The van der Waals surface area contributed by atoms with Crippen molar-refractivity contribution in [1.29, 1.82) is 0 Å². The van der Waals surface area contributed by atoms with Crippen LogP contribution >= 0.6 is 11.6 Å². The van der Waals surface area contributed by atoms with Crippen LogP contribution in [0.4, 0.5) is 13.2 Å². The van der Waals surface area contributed by atoms with Crippen molar-refractivity contribution in [2.75, 3.05) is 5.75 Å². The van der Waals surface area contributed by atoms with Crippen LogP contribution in [-0.2, 0) is 29.6 Å². The summed E-state index contributed by atoms with van der Waals surface area (Å²) in [6.45, 7) is 3.60. The van der Waals surface area contributed by atoms with E-state index in [0.717, 1.165) is 12.3 Å². The number of pyridine rings is 1. The number of sulfone groups is 1. The lowest BCUT2D eigenvalue weighted by atomic mass is 10.2. The molecule has 33 heavy (non-hydrogen) atoms. The molecule has 0 fully saturated rings. The zero-order valence-corrected chi connectivity index (χ0v) is 19.4. The maximum atomic E-state index is 13.1. The molecular weight excluding hydrogens is 479 g/mol. The van der Waals surface area contributed by atoms with Crippen LogP contribution < -0.4 is 0 Å². The molecule has 12 heteroatoms. The van der Waals surface area contributed by atoms with Gasteiger partial charge in [0.25, 0.3) is 0 Å². The molecule has 0 aliphatic rings. The van der Waals surface area contributed by atoms with Gasteiger partial charge < -0.3 is 9.13 Å². The average Bonchev–Trinajstić information content (AvgIpc) is 3.31. The van der Waals surface area contributed by atoms with Crippen LogP contribution in [0.5, 0.6) is 0 Å². The lowest BCUT2D eigenvalue weighted by Gasteiger charge is -2.10. The van der Waals surface area contributed by atoms with Gasteiger partial charge in [0.2, 0.25) is 0 Å². The highest BCUT2D eigenvalue weighted by Gasteiger charge is 2.34. The minimum absolute atomic E-state index is 0.0359. The van der Waals surface area contributed by atoms with Crippen LogP contribution in [0.1, 0.15) is 19.5 Å². The Bertz CT molecular complexity index is 1460. The van der Waals surface area contributed by atoms with Gasteiger partial charge in [-0.25, -0.2) is 23.4 Å². The second-order valence-electron chi connectivity index (χ2n) is 7.29. The van der Waals surface area contributed by atoms with Crippen molar-refractivity contribution < 1.29 is 21.6 Å². The van der Waals surface area contributed by atoms with Crippen molar-refractivity contribution in [2.24, 2.45) is 7.05 Å². The molecule has 0 aliphatic carbocycles. The minimum atomic E-state index is -4.63. The summed E-state index contributed by atoms with van der Waals surface area (Å²) in [4.78, 5) is 12.4. The number of alkyl halides is 3. The number of benzene rings is 1. The van der Waals surface area contributed by atoms with Crippen molar-refractivity contribution in [2.45, 2.75) is 31.6 Å². The number of aryl methyl sites for hydroxylation is 1. The van der Waals surface area contributed by atoms with E-state index in [0.29, 0.717) is 28.5 Å². The summed E-state index contributed by atoms with van der Waals surface area (Å²) in [6.07, 6.45) is -3.56. The van der Waals surface area contributed by atoms with Crippen LogP contribution in [0.3, 0.4) is 0 Å². The highest BCUT2D eigenvalue weighted by atomic mass is 35.5. The summed E-state index contributed by atoms with van der Waals surface area (Å²) >= 11 is 5.99. The molecule has 0 saturated carbocycles. The maximum Gasteiger partial charge on any atom is 0.433 e. The highest BCUT2D eigenvalue weighted by molar-refractivity contribution is 7.91. The fraction of sp³-hybridized carbons (Fsp3) is 0.286. The zero-order chi connectivity index (χ0) is 24.1. The fourth-order valence-corrected chi connectivity index (χ4v) is 4.99. The van der Waals surface area contributed by atoms with Gasteiger partial charge in [-0.2, -0.15) is 13.2 Å². The minimum Gasteiger partial charge on any atom is -0.324 e. The monoisotopic (exact) mass is 497 g/mol. The van der Waals surface area contributed by atoms with Crippen LogP contribution in [-0.4, -0.2) is 38.3 Å². The van der Waals surface area contributed by atoms with Crippen LogP contribution in [0.25, 0.3) is 33.9 Å². The molecule has 0 bridgehead atoms. The third-order valence-corrected chi connectivity index (χ3v) is 7.30. The topological polar surface area (TPSA) is 82.7 Å². The SMILES string of the molecule is CCn1c(-c2ccc(Cl)cc2)nc(-c2nc3cc(C(F)(F)F)ncc3n2C)c1S(=O)(=O)CC. The maximum absolute atomic E-state index is 13.1. The Kier molecular flexibility index (Phi) is 5.73. The van der Waals surface area contributed by atoms with E-state index >= 15 is 0 Å². The smallest absolute Gasteiger partial charge is 0.324 e. The quantitative estimate of drug-likeness (QED) is 0.388. The van der Waals surface area contributed by atoms with Crippen molar-refractivity contribution in [3.05, 3.63) is 47.2 Å². The van der Waals surface area contributed by atoms with Crippen molar-refractivity contribution >= 4 is 32.5 Å². The zero-order valence-electron chi connectivity index (χ0n) is 17.9. The van der Waals surface area contributed by atoms with Gasteiger partial charge in [0.15, 0.2) is 20.7 Å². The summed E-state index contributed by atoms with van der Waals surface area (Å²) in [5.41, 5.74) is -0.0246. The molecule has 0 radical (unpaired) electrons. The van der Waals surface area contributed by atoms with E-state index in [1.165, 1.54) is 11.5 Å². The van der Waals surface area contributed by atoms with Gasteiger partial charge in [-0.05, 0) is 37.3 Å². The molecule has 0 saturated heterocycles. The second kappa shape index (κ2) is 8.14. The number of nitrogens with zero attached hydrogens (tertiary/aromatic N) is 5. The standard InChI is InChI=1S/C21H19ClF3N5O2S/c1-4-30-18(12-6-8-13(22)9-7-12)28-17(20(30)33(31,32)5-2)19-27-14-10-16(21(23,24)25)26-11-15(14)29(19)3/h6-11H,4-5H2,1-3H3. The molecule has 0 spiro atoms. The number of hydrogen-bond donors (Lipinski definition) is 0. The van der Waals surface area contributed by atoms with Crippen molar-refractivity contribution in [3.63, 3.8) is 0 Å². The van der Waals surface area contributed by atoms with Gasteiger partial charge in [-0.1, -0.05) is 18.5 Å². The predicted octanol–water partition coefficient (Wildman–Crippen LogP) is 4.98. The van der Waals surface area contributed by atoms with E-state index in [2.05, 4.69) is 15.0 Å². The molecule has 0 aliphatic heterocycles. The van der Waals surface area contributed by atoms with Gasteiger partial charge in [-0.15, -0.1) is 0 Å². The van der Waals surface area contributed by atoms with Crippen LogP contribution in [0, 0.1) is 0 Å². The third kappa shape index (κ3) is 3.99. The predicted molar refractivity (Wildman–Crippen MR) is 119 cm³/mol. The summed E-state index contributed by atoms with van der Waals surface area (Å²) in [5, 5.41) is 0.471. The molecule has 174 valence electrons. The third-order valence-electron chi connectivity index (χ3n) is 5.28. The molecule has 4 rings (SSSR count). The Morgan fingerprint density at radius 1 is 1.06 bits per heavy atom. The second-order valence-corrected chi connectivity index (χ2v) is 9.92. The molecule has 0 unspecified atom stereocenters. The van der Waals surface area contributed by atoms with Gasteiger partial charge in [0.1, 0.15) is 17.2 Å². The van der Waals surface area contributed by atoms with E-state index in [4.69, 9.17) is 11.6 Å². The molecular formula is C21H19ClF3N5O2S. The van der Waals surface area contributed by atoms with E-state index in [1.54, 1.807) is 42.8 Å². The molecule has 7 nitrogen and oxygen atoms in total. The number of rotatable bonds is 5. The molecule has 4 aromatic rings. The number of imidazole rings is 2. The molecule has 0 N–H and O–H groups in total. The van der Waals surface area contributed by atoms with E-state index in [9.17, 15) is 21.6 Å². The number of fused-ring (bicyclic) bond motifs is 1. The summed E-state index contributed by atoms with van der Waals surface area (Å²) < 4.78 is 68.7. The first-order chi connectivity index (χ1) is 15.5. The van der Waals surface area contributed by atoms with Gasteiger partial charge in [0.05, 0.1) is 23.0 Å². The number of hydrogen-bond acceptors (Lipinski definition) is 5. The van der Waals surface area contributed by atoms with Crippen LogP contribution in [0.15, 0.2) is 41.6 Å². The first-order valence-corrected chi connectivity index (χ1v) is 12.0. The van der Waals surface area contributed by atoms with E-state index in [1.807, 2.05) is 0 Å². The molecule has 0 amide bonds. The van der Waals surface area contributed by atoms with Crippen LogP contribution in [0.2, 0.25) is 5.02 Å². The molecule has 1 aromatic carbocycles. The molecule has 3 heterocycles. The fourth-order valence-electron chi connectivity index (χ4n) is 3.60. The Morgan fingerprint density at radius 3 is 2.30 bits per heavy atom. The molecule has 0 atom stereocenters. The van der Waals surface area contributed by atoms with E-state index < -0.39 is 21.7 Å². The summed E-state index contributed by atoms with van der Waals surface area (Å²) in [7, 11) is -2.20. The number of halogens is 4. The Morgan fingerprint density at radius 2 is 1.73 bits per heavy atom. The molecule has 3 aromatic heterocycles. The normalized spacial score (nSPS) is 12.6. The summed E-state index contributed by atoms with van der Waals surface area (Å²) in [5.74, 6) is 0.327. The van der Waals surface area contributed by atoms with E-state index in [-0.39, 0.29) is 27.8 Å². The Labute approximate surface area is 192 Å². The van der Waals surface area contributed by atoms with Gasteiger partial charge >= 0.3 is 6.18 Å². The lowest BCUT2D eigenvalue weighted by Crippen LogP contribution is -2.13.